The molecule has 0 saturated carbocycles. The minimum atomic E-state index is 0.158. The summed E-state index contributed by atoms with van der Waals surface area (Å²) in [5, 5.41) is 9.34. The summed E-state index contributed by atoms with van der Waals surface area (Å²) >= 11 is 2.01. The van der Waals surface area contributed by atoms with Crippen LogP contribution in [0.4, 0.5) is 0 Å². The number of phenols is 1. The number of ketones is 1. The Balaban J connectivity index is 2.71. The van der Waals surface area contributed by atoms with Crippen molar-refractivity contribution in [2.75, 3.05) is 0 Å². The number of hydrogen-bond acceptors (Lipinski definition) is 2. The summed E-state index contributed by atoms with van der Waals surface area (Å²) < 4.78 is 0.701. The van der Waals surface area contributed by atoms with Crippen LogP contribution in [0.15, 0.2) is 12.1 Å². The van der Waals surface area contributed by atoms with Gasteiger partial charge < -0.3 is 5.11 Å². The highest BCUT2D eigenvalue weighted by molar-refractivity contribution is 14.1. The van der Waals surface area contributed by atoms with E-state index in [0.717, 1.165) is 17.5 Å². The van der Waals surface area contributed by atoms with Crippen LogP contribution in [-0.4, -0.2) is 10.9 Å². The number of benzene rings is 1. The first-order valence-electron chi connectivity index (χ1n) is 3.73. The number of aryl methyl sites for hydroxylation is 1. The molecule has 0 spiro atoms. The SMILES string of the molecule is O=C1CCc2ccc(O)c(I)c21. The third kappa shape index (κ3) is 1.03. The summed E-state index contributed by atoms with van der Waals surface area (Å²) in [6.07, 6.45) is 1.42. The van der Waals surface area contributed by atoms with Gasteiger partial charge in [-0.1, -0.05) is 6.07 Å². The van der Waals surface area contributed by atoms with Crippen molar-refractivity contribution in [3.8, 4) is 5.75 Å². The van der Waals surface area contributed by atoms with Gasteiger partial charge in [0.1, 0.15) is 5.75 Å². The highest BCUT2D eigenvalue weighted by atomic mass is 127. The van der Waals surface area contributed by atoms with Crippen LogP contribution in [0, 0.1) is 3.57 Å². The van der Waals surface area contributed by atoms with Crippen molar-refractivity contribution in [3.05, 3.63) is 26.8 Å². The quantitative estimate of drug-likeness (QED) is 0.736. The topological polar surface area (TPSA) is 37.3 Å². The molecule has 2 rings (SSSR count). The molecule has 0 fully saturated rings. The Morgan fingerprint density at radius 3 is 2.83 bits per heavy atom. The van der Waals surface area contributed by atoms with Gasteiger partial charge in [-0.25, -0.2) is 0 Å². The molecule has 1 aromatic rings. The second kappa shape index (κ2) is 2.73. The molecule has 0 bridgehead atoms. The molecular weight excluding hydrogens is 267 g/mol. The first kappa shape index (κ1) is 8.04. The molecule has 0 heterocycles. The van der Waals surface area contributed by atoms with E-state index in [2.05, 4.69) is 0 Å². The lowest BCUT2D eigenvalue weighted by Gasteiger charge is -2.02. The van der Waals surface area contributed by atoms with Gasteiger partial charge in [-0.15, -0.1) is 0 Å². The molecule has 1 aromatic carbocycles. The molecule has 0 aliphatic heterocycles. The van der Waals surface area contributed by atoms with Crippen molar-refractivity contribution >= 4 is 28.4 Å². The molecular formula is C9H7IO2. The minimum absolute atomic E-state index is 0.158. The molecule has 1 aliphatic rings. The van der Waals surface area contributed by atoms with E-state index in [1.165, 1.54) is 0 Å². The van der Waals surface area contributed by atoms with Crippen LogP contribution < -0.4 is 0 Å². The predicted molar refractivity (Wildman–Crippen MR) is 53.5 cm³/mol. The summed E-state index contributed by atoms with van der Waals surface area (Å²) in [4.78, 5) is 11.3. The highest BCUT2D eigenvalue weighted by Gasteiger charge is 2.23. The normalized spacial score (nSPS) is 14.9. The van der Waals surface area contributed by atoms with Crippen LogP contribution in [0.2, 0.25) is 0 Å². The Labute approximate surface area is 83.7 Å². The first-order chi connectivity index (χ1) is 5.70. The molecule has 0 unspecified atom stereocenters. The number of rotatable bonds is 0. The fourth-order valence-corrected chi connectivity index (χ4v) is 2.32. The molecule has 0 aromatic heterocycles. The van der Waals surface area contributed by atoms with Crippen molar-refractivity contribution in [1.82, 2.24) is 0 Å². The minimum Gasteiger partial charge on any atom is -0.507 e. The second-order valence-corrected chi connectivity index (χ2v) is 3.93. The molecule has 1 aliphatic carbocycles. The highest BCUT2D eigenvalue weighted by Crippen LogP contribution is 2.31. The van der Waals surface area contributed by atoms with Crippen molar-refractivity contribution in [1.29, 1.82) is 0 Å². The summed E-state index contributed by atoms with van der Waals surface area (Å²) in [7, 11) is 0. The van der Waals surface area contributed by atoms with Gasteiger partial charge >= 0.3 is 0 Å². The van der Waals surface area contributed by atoms with Gasteiger partial charge in [0.2, 0.25) is 0 Å². The van der Waals surface area contributed by atoms with Gasteiger partial charge in [-0.2, -0.15) is 0 Å². The van der Waals surface area contributed by atoms with Crippen LogP contribution in [-0.2, 0) is 6.42 Å². The van der Waals surface area contributed by atoms with Gasteiger partial charge in [0, 0.05) is 12.0 Å². The summed E-state index contributed by atoms with van der Waals surface area (Å²) in [5.74, 6) is 0.370. The number of carbonyl (C=O) groups is 1. The smallest absolute Gasteiger partial charge is 0.164 e. The largest absolute Gasteiger partial charge is 0.507 e. The Hall–Kier alpha value is -0.580. The summed E-state index contributed by atoms with van der Waals surface area (Å²) in [6, 6.07) is 3.48. The number of aromatic hydroxyl groups is 1. The van der Waals surface area contributed by atoms with Crippen molar-refractivity contribution in [3.63, 3.8) is 0 Å². The van der Waals surface area contributed by atoms with E-state index in [1.54, 1.807) is 6.07 Å². The average molecular weight is 274 g/mol. The maximum absolute atomic E-state index is 11.3. The van der Waals surface area contributed by atoms with E-state index in [-0.39, 0.29) is 11.5 Å². The molecule has 0 atom stereocenters. The fraction of sp³-hybridized carbons (Fsp3) is 0.222. The third-order valence-corrected chi connectivity index (χ3v) is 3.20. The van der Waals surface area contributed by atoms with E-state index < -0.39 is 0 Å². The predicted octanol–water partition coefficient (Wildman–Crippen LogP) is 2.13. The lowest BCUT2D eigenvalue weighted by Crippen LogP contribution is -1.95. The number of fused-ring (bicyclic) bond motifs is 1. The Bertz CT molecular complexity index is 358. The number of hydrogen-bond donors (Lipinski definition) is 1. The van der Waals surface area contributed by atoms with Crippen molar-refractivity contribution in [2.24, 2.45) is 0 Å². The van der Waals surface area contributed by atoms with E-state index in [1.807, 2.05) is 28.7 Å². The average Bonchev–Trinajstić information content (AvgIpc) is 2.41. The molecule has 0 amide bonds. The van der Waals surface area contributed by atoms with Gasteiger partial charge in [0.15, 0.2) is 5.78 Å². The van der Waals surface area contributed by atoms with Gasteiger partial charge in [-0.3, -0.25) is 4.79 Å². The van der Waals surface area contributed by atoms with E-state index >= 15 is 0 Å². The Morgan fingerprint density at radius 2 is 2.08 bits per heavy atom. The molecule has 0 saturated heterocycles. The Morgan fingerprint density at radius 1 is 1.33 bits per heavy atom. The number of Topliss-reactive ketones (excluding diaryl/α,β-unsaturated/α-hetero) is 1. The van der Waals surface area contributed by atoms with Gasteiger partial charge in [0.05, 0.1) is 3.57 Å². The van der Waals surface area contributed by atoms with Crippen LogP contribution in [0.3, 0.4) is 0 Å². The van der Waals surface area contributed by atoms with E-state index in [9.17, 15) is 9.90 Å². The molecule has 2 nitrogen and oxygen atoms in total. The number of halogens is 1. The van der Waals surface area contributed by atoms with Gasteiger partial charge in [0.25, 0.3) is 0 Å². The second-order valence-electron chi connectivity index (χ2n) is 2.86. The van der Waals surface area contributed by atoms with Crippen molar-refractivity contribution < 1.29 is 9.90 Å². The van der Waals surface area contributed by atoms with E-state index in [0.29, 0.717) is 9.99 Å². The number of carbonyl (C=O) groups excluding carboxylic acids is 1. The molecule has 3 heteroatoms. The maximum atomic E-state index is 11.3. The lowest BCUT2D eigenvalue weighted by atomic mass is 10.1. The fourth-order valence-electron chi connectivity index (χ4n) is 1.49. The van der Waals surface area contributed by atoms with Crippen LogP contribution in [0.5, 0.6) is 5.75 Å². The van der Waals surface area contributed by atoms with Crippen molar-refractivity contribution in [2.45, 2.75) is 12.8 Å². The molecule has 62 valence electrons. The molecule has 1 N–H and O–H groups in total. The number of phenolic OH excluding ortho intramolecular Hbond substituents is 1. The first-order valence-corrected chi connectivity index (χ1v) is 4.81. The standard InChI is InChI=1S/C9H7IO2/c10-9-7(12)4-2-5-1-3-6(11)8(5)9/h2,4,12H,1,3H2. The monoisotopic (exact) mass is 274 g/mol. The molecule has 0 radical (unpaired) electrons. The lowest BCUT2D eigenvalue weighted by molar-refractivity contribution is 0.0993. The van der Waals surface area contributed by atoms with E-state index in [4.69, 9.17) is 0 Å². The zero-order chi connectivity index (χ0) is 8.72. The zero-order valence-corrected chi connectivity index (χ0v) is 8.46. The van der Waals surface area contributed by atoms with Gasteiger partial charge in [-0.05, 0) is 40.6 Å². The third-order valence-electron chi connectivity index (χ3n) is 2.11. The zero-order valence-electron chi connectivity index (χ0n) is 6.30. The van der Waals surface area contributed by atoms with Crippen LogP contribution in [0.25, 0.3) is 0 Å². The maximum Gasteiger partial charge on any atom is 0.164 e. The Kier molecular flexibility index (Phi) is 1.83. The summed E-state index contributed by atoms with van der Waals surface area (Å²) in [6.45, 7) is 0. The van der Waals surface area contributed by atoms with Crippen LogP contribution in [0.1, 0.15) is 22.3 Å². The molecule has 12 heavy (non-hydrogen) atoms. The van der Waals surface area contributed by atoms with Crippen LogP contribution >= 0.6 is 22.6 Å². The summed E-state index contributed by atoms with van der Waals surface area (Å²) in [5.41, 5.74) is 1.80.